The van der Waals surface area contributed by atoms with Crippen molar-refractivity contribution in [2.75, 3.05) is 0 Å². The average Bonchev–Trinajstić information content (AvgIpc) is 1.88. The zero-order valence-electron chi connectivity index (χ0n) is 6.11. The second kappa shape index (κ2) is 3.13. The molecule has 0 aromatic rings. The summed E-state index contributed by atoms with van der Waals surface area (Å²) in [7, 11) is 0. The highest BCUT2D eigenvalue weighted by Crippen LogP contribution is 2.27. The maximum absolute atomic E-state index is 12.0. The maximum Gasteiger partial charge on any atom is 0.241 e. The van der Waals surface area contributed by atoms with E-state index in [0.29, 0.717) is 12.8 Å². The van der Waals surface area contributed by atoms with Crippen molar-refractivity contribution >= 4 is 0 Å². The molecule has 0 N–H and O–H groups in total. The van der Waals surface area contributed by atoms with E-state index in [-0.39, 0.29) is 5.92 Å². The minimum absolute atomic E-state index is 0.372. The van der Waals surface area contributed by atoms with Crippen molar-refractivity contribution in [3.63, 3.8) is 0 Å². The van der Waals surface area contributed by atoms with Gasteiger partial charge in [0.2, 0.25) is 6.43 Å². The van der Waals surface area contributed by atoms with Crippen LogP contribution in [-0.2, 0) is 0 Å². The van der Waals surface area contributed by atoms with Crippen LogP contribution in [0.25, 0.3) is 0 Å². The molecular weight excluding hydrogens is 134 g/mol. The first-order chi connectivity index (χ1) is 4.70. The lowest BCUT2D eigenvalue weighted by Gasteiger charge is -2.18. The molecule has 0 unspecified atom stereocenters. The number of hydrogen-bond acceptors (Lipinski definition) is 0. The van der Waals surface area contributed by atoms with Gasteiger partial charge in [0.1, 0.15) is 0 Å². The molecule has 0 amide bonds. The van der Waals surface area contributed by atoms with Crippen LogP contribution in [0, 0.1) is 5.92 Å². The highest BCUT2D eigenvalue weighted by Gasteiger charge is 2.21. The molecule has 0 aromatic heterocycles. The van der Waals surface area contributed by atoms with E-state index in [0.717, 1.165) is 6.42 Å². The monoisotopic (exact) mass is 146 g/mol. The molecule has 0 aromatic carbocycles. The third kappa shape index (κ3) is 1.79. The van der Waals surface area contributed by atoms with Crippen LogP contribution < -0.4 is 0 Å². The van der Waals surface area contributed by atoms with Crippen LogP contribution in [0.4, 0.5) is 8.78 Å². The topological polar surface area (TPSA) is 0 Å². The fourth-order valence-electron chi connectivity index (χ4n) is 1.21. The van der Waals surface area contributed by atoms with E-state index in [9.17, 15) is 8.78 Å². The Bertz CT molecular complexity index is 138. The zero-order chi connectivity index (χ0) is 7.56. The van der Waals surface area contributed by atoms with Crippen LogP contribution in [0.3, 0.4) is 0 Å². The Balaban J connectivity index is 2.42. The fraction of sp³-hybridized carbons (Fsp3) is 0.750. The van der Waals surface area contributed by atoms with Crippen LogP contribution in [0.15, 0.2) is 11.6 Å². The molecule has 0 heterocycles. The van der Waals surface area contributed by atoms with Gasteiger partial charge in [-0.25, -0.2) is 8.78 Å². The first-order valence-corrected chi connectivity index (χ1v) is 3.64. The van der Waals surface area contributed by atoms with E-state index >= 15 is 0 Å². The van der Waals surface area contributed by atoms with Crippen molar-refractivity contribution in [2.24, 2.45) is 5.92 Å². The molecule has 0 fully saturated rings. The maximum atomic E-state index is 12.0. The van der Waals surface area contributed by atoms with Gasteiger partial charge in [-0.05, 0) is 26.2 Å². The highest BCUT2D eigenvalue weighted by molar-refractivity contribution is 5.03. The summed E-state index contributed by atoms with van der Waals surface area (Å²) in [6.07, 6.45) is 1.91. The van der Waals surface area contributed by atoms with Gasteiger partial charge >= 0.3 is 0 Å². The van der Waals surface area contributed by atoms with Gasteiger partial charge in [-0.15, -0.1) is 0 Å². The molecule has 0 bridgehead atoms. The highest BCUT2D eigenvalue weighted by atomic mass is 19.3. The average molecular weight is 146 g/mol. The van der Waals surface area contributed by atoms with Crippen molar-refractivity contribution in [3.05, 3.63) is 11.6 Å². The van der Waals surface area contributed by atoms with E-state index in [1.807, 2.05) is 13.0 Å². The van der Waals surface area contributed by atoms with Crippen LogP contribution in [-0.4, -0.2) is 6.43 Å². The van der Waals surface area contributed by atoms with Crippen molar-refractivity contribution in [3.8, 4) is 0 Å². The summed E-state index contributed by atoms with van der Waals surface area (Å²) < 4.78 is 24.0. The summed E-state index contributed by atoms with van der Waals surface area (Å²) in [5.74, 6) is -0.372. The number of hydrogen-bond donors (Lipinski definition) is 0. The van der Waals surface area contributed by atoms with E-state index in [1.54, 1.807) is 0 Å². The number of halogens is 2. The third-order valence-electron chi connectivity index (χ3n) is 2.03. The molecule has 1 aliphatic carbocycles. The van der Waals surface area contributed by atoms with Crippen molar-refractivity contribution in [1.82, 2.24) is 0 Å². The molecule has 0 nitrogen and oxygen atoms in total. The second-order valence-corrected chi connectivity index (χ2v) is 2.92. The molecule has 0 spiro atoms. The second-order valence-electron chi connectivity index (χ2n) is 2.92. The molecule has 0 saturated carbocycles. The normalized spacial score (nSPS) is 26.8. The van der Waals surface area contributed by atoms with Crippen molar-refractivity contribution < 1.29 is 8.78 Å². The molecule has 58 valence electrons. The number of alkyl halides is 2. The van der Waals surface area contributed by atoms with E-state index in [4.69, 9.17) is 0 Å². The van der Waals surface area contributed by atoms with Gasteiger partial charge in [-0.2, -0.15) is 0 Å². The lowest BCUT2D eigenvalue weighted by Crippen LogP contribution is -2.13. The lowest BCUT2D eigenvalue weighted by atomic mass is 9.91. The lowest BCUT2D eigenvalue weighted by molar-refractivity contribution is 0.0715. The van der Waals surface area contributed by atoms with Gasteiger partial charge in [0.25, 0.3) is 0 Å². The summed E-state index contributed by atoms with van der Waals surface area (Å²) in [6, 6.07) is 0. The molecule has 0 radical (unpaired) electrons. The summed E-state index contributed by atoms with van der Waals surface area (Å²) in [5, 5.41) is 0. The minimum Gasteiger partial charge on any atom is -0.210 e. The predicted molar refractivity (Wildman–Crippen MR) is 37.1 cm³/mol. The first-order valence-electron chi connectivity index (χ1n) is 3.64. The molecule has 0 aliphatic heterocycles. The SMILES string of the molecule is CC1=CC[C@H](C(F)F)CC1. The Labute approximate surface area is 59.9 Å². The quantitative estimate of drug-likeness (QED) is 0.499. The van der Waals surface area contributed by atoms with Gasteiger partial charge in [0.05, 0.1) is 0 Å². The van der Waals surface area contributed by atoms with Crippen molar-refractivity contribution in [1.29, 1.82) is 0 Å². The Kier molecular flexibility index (Phi) is 2.41. The standard InChI is InChI=1S/C8H12F2/c1-6-2-4-7(5-3-6)8(9)10/h2,7-8H,3-5H2,1H3/t7-/m0/s1. The van der Waals surface area contributed by atoms with Gasteiger partial charge in [-0.3, -0.25) is 0 Å². The van der Waals surface area contributed by atoms with E-state index in [1.165, 1.54) is 5.57 Å². The fourth-order valence-corrected chi connectivity index (χ4v) is 1.21. The van der Waals surface area contributed by atoms with E-state index < -0.39 is 6.43 Å². The van der Waals surface area contributed by atoms with E-state index in [2.05, 4.69) is 0 Å². The summed E-state index contributed by atoms with van der Waals surface area (Å²) in [6.45, 7) is 2.00. The number of rotatable bonds is 1. The molecular formula is C8H12F2. The molecule has 1 atom stereocenters. The minimum atomic E-state index is -2.12. The van der Waals surface area contributed by atoms with Gasteiger partial charge in [0.15, 0.2) is 0 Å². The van der Waals surface area contributed by atoms with Gasteiger partial charge in [0, 0.05) is 5.92 Å². The van der Waals surface area contributed by atoms with Gasteiger partial charge < -0.3 is 0 Å². The van der Waals surface area contributed by atoms with Crippen LogP contribution in [0.2, 0.25) is 0 Å². The summed E-state index contributed by atoms with van der Waals surface area (Å²) in [4.78, 5) is 0. The first kappa shape index (κ1) is 7.70. The molecule has 1 rings (SSSR count). The third-order valence-corrected chi connectivity index (χ3v) is 2.03. The van der Waals surface area contributed by atoms with Crippen molar-refractivity contribution in [2.45, 2.75) is 32.6 Å². The smallest absolute Gasteiger partial charge is 0.210 e. The summed E-state index contributed by atoms with van der Waals surface area (Å²) >= 11 is 0. The zero-order valence-corrected chi connectivity index (χ0v) is 6.11. The van der Waals surface area contributed by atoms with Crippen LogP contribution in [0.5, 0.6) is 0 Å². The molecule has 10 heavy (non-hydrogen) atoms. The Morgan fingerprint density at radius 2 is 2.30 bits per heavy atom. The molecule has 1 aliphatic rings. The van der Waals surface area contributed by atoms with Crippen LogP contribution in [0.1, 0.15) is 26.2 Å². The largest absolute Gasteiger partial charge is 0.241 e. The van der Waals surface area contributed by atoms with Crippen LogP contribution >= 0.6 is 0 Å². The Morgan fingerprint density at radius 1 is 1.60 bits per heavy atom. The Hall–Kier alpha value is -0.400. The Morgan fingerprint density at radius 3 is 2.70 bits per heavy atom. The number of allylic oxidation sites excluding steroid dienone is 2. The van der Waals surface area contributed by atoms with Gasteiger partial charge in [-0.1, -0.05) is 11.6 Å². The predicted octanol–water partition coefficient (Wildman–Crippen LogP) is 3.00. The molecule has 2 heteroatoms. The summed E-state index contributed by atoms with van der Waals surface area (Å²) in [5.41, 5.74) is 1.26. The molecule has 0 saturated heterocycles.